The minimum atomic E-state index is -3.75. The van der Waals surface area contributed by atoms with Crippen molar-refractivity contribution in [3.63, 3.8) is 0 Å². The van der Waals surface area contributed by atoms with E-state index in [0.717, 1.165) is 60.5 Å². The van der Waals surface area contributed by atoms with Crippen molar-refractivity contribution in [2.45, 2.75) is 56.1 Å². The summed E-state index contributed by atoms with van der Waals surface area (Å²) in [5.41, 5.74) is 3.54. The van der Waals surface area contributed by atoms with Crippen LogP contribution in [-0.2, 0) is 32.5 Å². The SMILES string of the molecule is COC[C@H]1CN(c2ccc3c(=O)n(CCc4ccc(S(N)(=O)=O)cc4C)c(C4CCC4)nc3c2)CCO1. The van der Waals surface area contributed by atoms with Gasteiger partial charge in [-0.1, -0.05) is 12.5 Å². The molecular formula is C27H34N4O5S. The zero-order valence-corrected chi connectivity index (χ0v) is 22.2. The lowest BCUT2D eigenvalue weighted by Gasteiger charge is -2.34. The summed E-state index contributed by atoms with van der Waals surface area (Å²) in [7, 11) is -2.08. The number of aromatic nitrogens is 2. The normalized spacial score (nSPS) is 18.8. The summed E-state index contributed by atoms with van der Waals surface area (Å²) >= 11 is 0. The Morgan fingerprint density at radius 2 is 2.00 bits per heavy atom. The summed E-state index contributed by atoms with van der Waals surface area (Å²) < 4.78 is 36.2. The molecular weight excluding hydrogens is 492 g/mol. The van der Waals surface area contributed by atoms with Crippen molar-refractivity contribution in [3.05, 3.63) is 63.7 Å². The molecule has 1 aliphatic heterocycles. The highest BCUT2D eigenvalue weighted by Crippen LogP contribution is 2.36. The fourth-order valence-corrected chi connectivity index (χ4v) is 5.81. The maximum Gasteiger partial charge on any atom is 0.261 e. The smallest absolute Gasteiger partial charge is 0.261 e. The fraction of sp³-hybridized carbons (Fsp3) is 0.481. The van der Waals surface area contributed by atoms with Crippen LogP contribution in [0, 0.1) is 6.92 Å². The predicted molar refractivity (Wildman–Crippen MR) is 143 cm³/mol. The van der Waals surface area contributed by atoms with Crippen LogP contribution in [0.15, 0.2) is 46.1 Å². The number of hydrogen-bond acceptors (Lipinski definition) is 7. The average molecular weight is 527 g/mol. The van der Waals surface area contributed by atoms with E-state index >= 15 is 0 Å². The molecule has 1 atom stereocenters. The van der Waals surface area contributed by atoms with Crippen LogP contribution >= 0.6 is 0 Å². The third-order valence-corrected chi connectivity index (χ3v) is 8.45. The Hall–Kier alpha value is -2.79. The van der Waals surface area contributed by atoms with E-state index in [2.05, 4.69) is 4.90 Å². The van der Waals surface area contributed by atoms with Gasteiger partial charge in [-0.05, 0) is 67.6 Å². The molecule has 0 radical (unpaired) electrons. The molecule has 1 saturated carbocycles. The van der Waals surface area contributed by atoms with E-state index in [1.165, 1.54) is 6.07 Å². The van der Waals surface area contributed by atoms with E-state index in [0.29, 0.717) is 31.6 Å². The van der Waals surface area contributed by atoms with E-state index in [1.54, 1.807) is 19.2 Å². The maximum atomic E-state index is 13.7. The van der Waals surface area contributed by atoms with E-state index in [-0.39, 0.29) is 22.5 Å². The molecule has 3 aromatic rings. The molecule has 2 fully saturated rings. The standard InChI is InChI=1S/C27H34N4O5S/c1-18-14-23(37(28,33)34)8-6-19(18)10-11-31-26(20-4-3-5-20)29-25-15-21(7-9-24(25)27(31)32)30-12-13-36-22(16-30)17-35-2/h6-9,14-15,20,22H,3-5,10-13,16-17H2,1-2H3,(H2,28,33,34)/t22-/m1/s1. The number of nitrogens with two attached hydrogens (primary N) is 1. The van der Waals surface area contributed by atoms with Crippen LogP contribution in [0.4, 0.5) is 5.69 Å². The minimum absolute atomic E-state index is 0.0171. The van der Waals surface area contributed by atoms with Gasteiger partial charge >= 0.3 is 0 Å². The van der Waals surface area contributed by atoms with Gasteiger partial charge in [0.15, 0.2) is 0 Å². The number of anilines is 1. The first kappa shape index (κ1) is 25.8. The highest BCUT2D eigenvalue weighted by atomic mass is 32.2. The zero-order chi connectivity index (χ0) is 26.2. The molecule has 0 bridgehead atoms. The third-order valence-electron chi connectivity index (χ3n) is 7.54. The monoisotopic (exact) mass is 526 g/mol. The molecule has 5 rings (SSSR count). The lowest BCUT2D eigenvalue weighted by molar-refractivity contribution is -0.0100. The van der Waals surface area contributed by atoms with Gasteiger partial charge in [0.25, 0.3) is 5.56 Å². The summed E-state index contributed by atoms with van der Waals surface area (Å²) in [4.78, 5) is 21.1. The quantitative estimate of drug-likeness (QED) is 0.480. The largest absolute Gasteiger partial charge is 0.382 e. The molecule has 1 aliphatic carbocycles. The van der Waals surface area contributed by atoms with Crippen molar-refractivity contribution >= 4 is 26.6 Å². The van der Waals surface area contributed by atoms with Crippen LogP contribution in [0.3, 0.4) is 0 Å². The lowest BCUT2D eigenvalue weighted by Crippen LogP contribution is -2.44. The first-order chi connectivity index (χ1) is 17.7. The van der Waals surface area contributed by atoms with Gasteiger partial charge in [-0.25, -0.2) is 18.5 Å². The zero-order valence-electron chi connectivity index (χ0n) is 21.4. The van der Waals surface area contributed by atoms with Crippen LogP contribution < -0.4 is 15.6 Å². The number of sulfonamides is 1. The highest BCUT2D eigenvalue weighted by molar-refractivity contribution is 7.89. The van der Waals surface area contributed by atoms with Gasteiger partial charge in [-0.2, -0.15) is 0 Å². The number of primary sulfonamides is 1. The van der Waals surface area contributed by atoms with E-state index in [4.69, 9.17) is 19.6 Å². The fourth-order valence-electron chi connectivity index (χ4n) is 5.22. The van der Waals surface area contributed by atoms with Crippen LogP contribution in [0.1, 0.15) is 42.1 Å². The van der Waals surface area contributed by atoms with Gasteiger partial charge in [-0.3, -0.25) is 9.36 Å². The van der Waals surface area contributed by atoms with Crippen molar-refractivity contribution in [1.29, 1.82) is 0 Å². The van der Waals surface area contributed by atoms with Crippen LogP contribution in [0.5, 0.6) is 0 Å². The van der Waals surface area contributed by atoms with Crippen LogP contribution in [-0.4, -0.2) is 57.5 Å². The third kappa shape index (κ3) is 5.43. The number of aryl methyl sites for hydroxylation is 2. The molecule has 0 unspecified atom stereocenters. The average Bonchev–Trinajstić information content (AvgIpc) is 2.83. The molecule has 10 heteroatoms. The van der Waals surface area contributed by atoms with Gasteiger partial charge in [0.05, 0.1) is 35.1 Å². The first-order valence-electron chi connectivity index (χ1n) is 12.8. The number of ether oxygens (including phenoxy) is 2. The minimum Gasteiger partial charge on any atom is -0.382 e. The van der Waals surface area contributed by atoms with Gasteiger partial charge in [0, 0.05) is 38.3 Å². The molecule has 0 spiro atoms. The van der Waals surface area contributed by atoms with E-state index in [1.807, 2.05) is 29.7 Å². The Morgan fingerprint density at radius 1 is 1.19 bits per heavy atom. The van der Waals surface area contributed by atoms with Crippen molar-refractivity contribution in [3.8, 4) is 0 Å². The number of morpholine rings is 1. The summed E-state index contributed by atoms with van der Waals surface area (Å²) in [6.07, 6.45) is 3.81. The summed E-state index contributed by atoms with van der Waals surface area (Å²) in [6.45, 7) is 5.03. The molecule has 0 amide bonds. The van der Waals surface area contributed by atoms with Gasteiger partial charge in [0.1, 0.15) is 5.82 Å². The number of rotatable bonds is 8. The Bertz CT molecular complexity index is 1460. The molecule has 2 aromatic carbocycles. The number of benzene rings is 2. The second-order valence-electron chi connectivity index (χ2n) is 10.0. The summed E-state index contributed by atoms with van der Waals surface area (Å²) in [6, 6.07) is 10.8. The lowest BCUT2D eigenvalue weighted by atomic mass is 9.84. The Balaban J connectivity index is 1.45. The van der Waals surface area contributed by atoms with Gasteiger partial charge in [0.2, 0.25) is 10.0 Å². The number of hydrogen-bond donors (Lipinski definition) is 1. The van der Waals surface area contributed by atoms with Crippen molar-refractivity contribution < 1.29 is 17.9 Å². The first-order valence-corrected chi connectivity index (χ1v) is 14.3. The summed E-state index contributed by atoms with van der Waals surface area (Å²) in [5.74, 6) is 1.13. The number of methoxy groups -OCH3 is 1. The van der Waals surface area contributed by atoms with Crippen LogP contribution in [0.2, 0.25) is 0 Å². The summed E-state index contributed by atoms with van der Waals surface area (Å²) in [5, 5.41) is 5.88. The van der Waals surface area contributed by atoms with Crippen molar-refractivity contribution in [2.24, 2.45) is 5.14 Å². The second kappa shape index (κ2) is 10.5. The molecule has 1 saturated heterocycles. The second-order valence-corrected chi connectivity index (χ2v) is 11.6. The Labute approximate surface area is 217 Å². The van der Waals surface area contributed by atoms with Gasteiger partial charge in [-0.15, -0.1) is 0 Å². The molecule has 2 N–H and O–H groups in total. The van der Waals surface area contributed by atoms with Crippen LogP contribution in [0.25, 0.3) is 10.9 Å². The molecule has 9 nitrogen and oxygen atoms in total. The molecule has 198 valence electrons. The Kier molecular flexibility index (Phi) is 7.35. The van der Waals surface area contributed by atoms with Crippen molar-refractivity contribution in [1.82, 2.24) is 9.55 Å². The predicted octanol–water partition coefficient (Wildman–Crippen LogP) is 2.71. The van der Waals surface area contributed by atoms with E-state index < -0.39 is 10.0 Å². The molecule has 37 heavy (non-hydrogen) atoms. The number of fused-ring (bicyclic) bond motifs is 1. The maximum absolute atomic E-state index is 13.7. The highest BCUT2D eigenvalue weighted by Gasteiger charge is 2.26. The Morgan fingerprint density at radius 3 is 2.68 bits per heavy atom. The number of nitrogens with zero attached hydrogens (tertiary/aromatic N) is 3. The topological polar surface area (TPSA) is 117 Å². The van der Waals surface area contributed by atoms with Crippen molar-refractivity contribution in [2.75, 3.05) is 38.3 Å². The molecule has 1 aromatic heterocycles. The van der Waals surface area contributed by atoms with Gasteiger partial charge < -0.3 is 14.4 Å². The van der Waals surface area contributed by atoms with E-state index in [9.17, 15) is 13.2 Å². The molecule has 2 aliphatic rings. The molecule has 2 heterocycles.